The molecule has 0 radical (unpaired) electrons. The van der Waals surface area contributed by atoms with E-state index >= 15 is 0 Å². The van der Waals surface area contributed by atoms with Crippen molar-refractivity contribution in [2.45, 2.75) is 18.7 Å². The van der Waals surface area contributed by atoms with Gasteiger partial charge in [-0.25, -0.2) is 0 Å². The number of hydrogen-bond donors (Lipinski definition) is 2. The molecule has 2 rings (SSSR count). The maximum atomic E-state index is 12.5. The SMILES string of the molecule is N#CCc1ccc(OCC(=O)NCC(O)COc2ccc(C(F)(F)F)cc2)cc1. The Morgan fingerprint density at radius 2 is 1.66 bits per heavy atom. The summed E-state index contributed by atoms with van der Waals surface area (Å²) in [6.45, 7) is -0.569. The lowest BCUT2D eigenvalue weighted by molar-refractivity contribution is -0.137. The van der Waals surface area contributed by atoms with Gasteiger partial charge in [-0.15, -0.1) is 0 Å². The molecule has 0 aliphatic rings. The second-order valence-electron chi connectivity index (χ2n) is 6.06. The summed E-state index contributed by atoms with van der Waals surface area (Å²) in [6, 6.07) is 12.8. The first-order valence-electron chi connectivity index (χ1n) is 8.61. The fourth-order valence-corrected chi connectivity index (χ4v) is 2.22. The first kappa shape index (κ1) is 22.0. The zero-order chi connectivity index (χ0) is 21.3. The average Bonchev–Trinajstić information content (AvgIpc) is 2.70. The van der Waals surface area contributed by atoms with E-state index in [1.165, 1.54) is 0 Å². The lowest BCUT2D eigenvalue weighted by Crippen LogP contribution is -2.37. The molecule has 29 heavy (non-hydrogen) atoms. The number of alkyl halides is 3. The van der Waals surface area contributed by atoms with Crippen molar-refractivity contribution < 1.29 is 32.5 Å². The Balaban J connectivity index is 1.67. The molecule has 0 bridgehead atoms. The van der Waals surface area contributed by atoms with E-state index in [2.05, 4.69) is 5.32 Å². The minimum atomic E-state index is -4.43. The minimum Gasteiger partial charge on any atom is -0.491 e. The summed E-state index contributed by atoms with van der Waals surface area (Å²) in [4.78, 5) is 11.8. The monoisotopic (exact) mass is 408 g/mol. The van der Waals surface area contributed by atoms with Crippen molar-refractivity contribution in [2.24, 2.45) is 0 Å². The molecule has 0 saturated heterocycles. The standard InChI is InChI=1S/C20H19F3N2O4/c21-20(22,23)15-3-7-18(8-4-15)28-12-16(26)11-25-19(27)13-29-17-5-1-14(2-6-17)9-10-24/h1-8,16,26H,9,11-13H2,(H,25,27). The van der Waals surface area contributed by atoms with E-state index in [4.69, 9.17) is 14.7 Å². The number of carbonyl (C=O) groups is 1. The highest BCUT2D eigenvalue weighted by atomic mass is 19.4. The van der Waals surface area contributed by atoms with Gasteiger partial charge in [0.25, 0.3) is 5.91 Å². The highest BCUT2D eigenvalue weighted by Crippen LogP contribution is 2.30. The highest BCUT2D eigenvalue weighted by Gasteiger charge is 2.30. The number of nitrogens with zero attached hydrogens (tertiary/aromatic N) is 1. The van der Waals surface area contributed by atoms with Crippen LogP contribution in [-0.2, 0) is 17.4 Å². The van der Waals surface area contributed by atoms with Crippen LogP contribution in [0.5, 0.6) is 11.5 Å². The highest BCUT2D eigenvalue weighted by molar-refractivity contribution is 5.77. The quantitative estimate of drug-likeness (QED) is 0.666. The summed E-state index contributed by atoms with van der Waals surface area (Å²) in [7, 11) is 0. The number of nitriles is 1. The van der Waals surface area contributed by atoms with Crippen LogP contribution in [0.3, 0.4) is 0 Å². The van der Waals surface area contributed by atoms with Crippen molar-refractivity contribution in [3.63, 3.8) is 0 Å². The Hall–Kier alpha value is -3.25. The Morgan fingerprint density at radius 1 is 1.07 bits per heavy atom. The molecule has 1 atom stereocenters. The third-order valence-corrected chi connectivity index (χ3v) is 3.74. The topological polar surface area (TPSA) is 91.6 Å². The van der Waals surface area contributed by atoms with E-state index in [0.717, 1.165) is 29.8 Å². The molecule has 0 aliphatic carbocycles. The zero-order valence-electron chi connectivity index (χ0n) is 15.3. The smallest absolute Gasteiger partial charge is 0.416 e. The number of aliphatic hydroxyl groups excluding tert-OH is 1. The Morgan fingerprint density at radius 3 is 2.24 bits per heavy atom. The van der Waals surface area contributed by atoms with Crippen LogP contribution in [0.25, 0.3) is 0 Å². The molecule has 2 aromatic rings. The van der Waals surface area contributed by atoms with E-state index in [1.807, 2.05) is 6.07 Å². The van der Waals surface area contributed by atoms with Crippen molar-refractivity contribution >= 4 is 5.91 Å². The van der Waals surface area contributed by atoms with Crippen LogP contribution < -0.4 is 14.8 Å². The Bertz CT molecular complexity index is 831. The van der Waals surface area contributed by atoms with Crippen LogP contribution in [0.2, 0.25) is 0 Å². The van der Waals surface area contributed by atoms with Gasteiger partial charge in [0, 0.05) is 6.54 Å². The molecular weight excluding hydrogens is 389 g/mol. The second kappa shape index (κ2) is 10.3. The van der Waals surface area contributed by atoms with Crippen molar-refractivity contribution in [3.8, 4) is 17.6 Å². The summed E-state index contributed by atoms with van der Waals surface area (Å²) in [5, 5.41) is 20.9. The Labute approximate surface area is 165 Å². The molecule has 0 heterocycles. The van der Waals surface area contributed by atoms with E-state index < -0.39 is 23.8 Å². The van der Waals surface area contributed by atoms with E-state index in [-0.39, 0.29) is 31.9 Å². The summed E-state index contributed by atoms with van der Waals surface area (Å²) < 4.78 is 48.0. The number of rotatable bonds is 9. The lowest BCUT2D eigenvalue weighted by atomic mass is 10.2. The minimum absolute atomic E-state index is 0.107. The van der Waals surface area contributed by atoms with Gasteiger partial charge in [-0.1, -0.05) is 12.1 Å². The number of benzene rings is 2. The van der Waals surface area contributed by atoms with Gasteiger partial charge in [-0.05, 0) is 42.0 Å². The van der Waals surface area contributed by atoms with Gasteiger partial charge < -0.3 is 19.9 Å². The van der Waals surface area contributed by atoms with Gasteiger partial charge in [0.1, 0.15) is 24.2 Å². The van der Waals surface area contributed by atoms with Crippen molar-refractivity contribution in [3.05, 3.63) is 59.7 Å². The molecule has 154 valence electrons. The van der Waals surface area contributed by atoms with Gasteiger partial charge in [0.05, 0.1) is 18.1 Å². The maximum Gasteiger partial charge on any atom is 0.416 e. The zero-order valence-corrected chi connectivity index (χ0v) is 15.3. The summed E-state index contributed by atoms with van der Waals surface area (Å²) >= 11 is 0. The molecule has 6 nitrogen and oxygen atoms in total. The van der Waals surface area contributed by atoms with Crippen LogP contribution in [0.4, 0.5) is 13.2 Å². The molecule has 0 aliphatic heterocycles. The fourth-order valence-electron chi connectivity index (χ4n) is 2.22. The van der Waals surface area contributed by atoms with Gasteiger partial charge >= 0.3 is 6.18 Å². The molecule has 0 saturated carbocycles. The average molecular weight is 408 g/mol. The van der Waals surface area contributed by atoms with Crippen molar-refractivity contribution in [2.75, 3.05) is 19.8 Å². The van der Waals surface area contributed by atoms with E-state index in [9.17, 15) is 23.1 Å². The fraction of sp³-hybridized carbons (Fsp3) is 0.300. The third-order valence-electron chi connectivity index (χ3n) is 3.74. The van der Waals surface area contributed by atoms with Crippen LogP contribution in [0, 0.1) is 11.3 Å². The lowest BCUT2D eigenvalue weighted by Gasteiger charge is -2.14. The van der Waals surface area contributed by atoms with Crippen LogP contribution in [-0.4, -0.2) is 36.9 Å². The normalized spacial score (nSPS) is 12.0. The predicted molar refractivity (Wildman–Crippen MR) is 97.2 cm³/mol. The van der Waals surface area contributed by atoms with Crippen LogP contribution in [0.1, 0.15) is 11.1 Å². The molecule has 1 amide bonds. The van der Waals surface area contributed by atoms with Gasteiger partial charge in [-0.3, -0.25) is 4.79 Å². The predicted octanol–water partition coefficient (Wildman–Crippen LogP) is 2.71. The summed E-state index contributed by atoms with van der Waals surface area (Å²) in [5.74, 6) is 0.180. The first-order valence-corrected chi connectivity index (χ1v) is 8.61. The second-order valence-corrected chi connectivity index (χ2v) is 6.06. The van der Waals surface area contributed by atoms with Crippen LogP contribution in [0.15, 0.2) is 48.5 Å². The molecule has 0 fully saturated rings. The van der Waals surface area contributed by atoms with E-state index in [0.29, 0.717) is 5.75 Å². The van der Waals surface area contributed by atoms with Crippen molar-refractivity contribution in [1.29, 1.82) is 5.26 Å². The number of nitrogens with one attached hydrogen (secondary N) is 1. The number of hydrogen-bond acceptors (Lipinski definition) is 5. The van der Waals surface area contributed by atoms with Crippen molar-refractivity contribution in [1.82, 2.24) is 5.32 Å². The molecule has 0 spiro atoms. The Kier molecular flexibility index (Phi) is 7.86. The third kappa shape index (κ3) is 7.71. The van der Waals surface area contributed by atoms with Crippen LogP contribution >= 0.6 is 0 Å². The molecule has 2 N–H and O–H groups in total. The van der Waals surface area contributed by atoms with Gasteiger partial charge in [0.15, 0.2) is 6.61 Å². The summed E-state index contributed by atoms with van der Waals surface area (Å²) in [5.41, 5.74) is 0.0397. The number of halogens is 3. The molecule has 1 unspecified atom stereocenters. The molecular formula is C20H19F3N2O4. The van der Waals surface area contributed by atoms with E-state index in [1.54, 1.807) is 24.3 Å². The summed E-state index contributed by atoms with van der Waals surface area (Å²) in [6.07, 6.45) is -5.19. The molecule has 9 heteroatoms. The number of amides is 1. The first-order chi connectivity index (χ1) is 13.8. The number of ether oxygens (including phenoxy) is 2. The molecule has 0 aromatic heterocycles. The number of carbonyl (C=O) groups excluding carboxylic acids is 1. The van der Waals surface area contributed by atoms with Gasteiger partial charge in [-0.2, -0.15) is 18.4 Å². The largest absolute Gasteiger partial charge is 0.491 e. The molecule has 2 aromatic carbocycles. The van der Waals surface area contributed by atoms with Gasteiger partial charge in [0.2, 0.25) is 0 Å². The maximum absolute atomic E-state index is 12.5. The number of aliphatic hydroxyl groups is 1.